The summed E-state index contributed by atoms with van der Waals surface area (Å²) in [5, 5.41) is 12.7. The Balaban J connectivity index is 2.08. The van der Waals surface area contributed by atoms with E-state index in [4.69, 9.17) is 5.11 Å². The maximum atomic E-state index is 12.1. The van der Waals surface area contributed by atoms with Gasteiger partial charge >= 0.3 is 5.97 Å². The van der Waals surface area contributed by atoms with Gasteiger partial charge in [0, 0.05) is 19.8 Å². The lowest BCUT2D eigenvalue weighted by atomic mass is 10.2. The summed E-state index contributed by atoms with van der Waals surface area (Å²) in [6, 6.07) is 4.76. The normalized spacial score (nSPS) is 10.2. The van der Waals surface area contributed by atoms with E-state index in [-0.39, 0.29) is 11.6 Å². The van der Waals surface area contributed by atoms with E-state index in [0.29, 0.717) is 12.1 Å². The number of carboxylic acid groups (broad SMARTS) is 1. The summed E-state index contributed by atoms with van der Waals surface area (Å²) in [5.74, 6) is -1.29. The number of aromatic carboxylic acids is 1. The summed E-state index contributed by atoms with van der Waals surface area (Å²) < 4.78 is 0. The highest BCUT2D eigenvalue weighted by molar-refractivity contribution is 7.07. The minimum Gasteiger partial charge on any atom is -0.477 e. The van der Waals surface area contributed by atoms with Gasteiger partial charge in [-0.25, -0.2) is 9.78 Å². The monoisotopic (exact) mass is 276 g/mol. The fourth-order valence-electron chi connectivity index (χ4n) is 1.60. The second kappa shape index (κ2) is 5.62. The van der Waals surface area contributed by atoms with Gasteiger partial charge in [-0.1, -0.05) is 0 Å². The Morgan fingerprint density at radius 3 is 2.68 bits per heavy atom. The minimum atomic E-state index is -1.11. The van der Waals surface area contributed by atoms with E-state index >= 15 is 0 Å². The van der Waals surface area contributed by atoms with Crippen LogP contribution in [0.15, 0.2) is 35.2 Å². The molecule has 1 amide bonds. The zero-order chi connectivity index (χ0) is 13.8. The van der Waals surface area contributed by atoms with Gasteiger partial charge in [0.2, 0.25) is 0 Å². The Bertz CT molecular complexity index is 578. The van der Waals surface area contributed by atoms with E-state index < -0.39 is 5.97 Å². The SMILES string of the molecule is CN(Cc1ccsc1)C(=O)c1ccc(C(=O)O)nc1. The van der Waals surface area contributed by atoms with E-state index in [2.05, 4.69) is 4.98 Å². The van der Waals surface area contributed by atoms with E-state index in [1.165, 1.54) is 18.3 Å². The van der Waals surface area contributed by atoms with Crippen LogP contribution in [0.2, 0.25) is 0 Å². The Kier molecular flexibility index (Phi) is 3.91. The van der Waals surface area contributed by atoms with Crippen LogP contribution >= 0.6 is 11.3 Å². The average molecular weight is 276 g/mol. The molecule has 98 valence electrons. The van der Waals surface area contributed by atoms with Crippen molar-refractivity contribution in [2.24, 2.45) is 0 Å². The van der Waals surface area contributed by atoms with Crippen LogP contribution in [-0.2, 0) is 6.54 Å². The molecule has 2 rings (SSSR count). The number of nitrogens with zero attached hydrogens (tertiary/aromatic N) is 2. The number of thiophene rings is 1. The molecule has 0 saturated heterocycles. The molecule has 2 aromatic rings. The van der Waals surface area contributed by atoms with Crippen molar-refractivity contribution in [1.82, 2.24) is 9.88 Å². The van der Waals surface area contributed by atoms with Crippen LogP contribution in [0.3, 0.4) is 0 Å². The molecular formula is C13H12N2O3S. The van der Waals surface area contributed by atoms with Gasteiger partial charge in [-0.15, -0.1) is 0 Å². The summed E-state index contributed by atoms with van der Waals surface area (Å²) in [7, 11) is 1.70. The van der Waals surface area contributed by atoms with Crippen molar-refractivity contribution in [2.45, 2.75) is 6.54 Å². The van der Waals surface area contributed by atoms with Crippen LogP contribution in [0, 0.1) is 0 Å². The molecule has 0 atom stereocenters. The maximum absolute atomic E-state index is 12.1. The number of rotatable bonds is 4. The third-order valence-electron chi connectivity index (χ3n) is 2.58. The van der Waals surface area contributed by atoms with Crippen molar-refractivity contribution in [3.05, 3.63) is 52.0 Å². The van der Waals surface area contributed by atoms with Gasteiger partial charge in [0.05, 0.1) is 5.56 Å². The van der Waals surface area contributed by atoms with Gasteiger partial charge in [0.25, 0.3) is 5.91 Å². The minimum absolute atomic E-state index is 0.0722. The molecule has 0 aliphatic carbocycles. The van der Waals surface area contributed by atoms with Crippen molar-refractivity contribution in [3.63, 3.8) is 0 Å². The van der Waals surface area contributed by atoms with Crippen LogP contribution in [0.25, 0.3) is 0 Å². The van der Waals surface area contributed by atoms with Crippen molar-refractivity contribution in [1.29, 1.82) is 0 Å². The molecular weight excluding hydrogens is 264 g/mol. The smallest absolute Gasteiger partial charge is 0.354 e. The molecule has 0 saturated carbocycles. The fraction of sp³-hybridized carbons (Fsp3) is 0.154. The van der Waals surface area contributed by atoms with Crippen LogP contribution in [0.1, 0.15) is 26.4 Å². The number of aromatic nitrogens is 1. The lowest BCUT2D eigenvalue weighted by Gasteiger charge is -2.16. The highest BCUT2D eigenvalue weighted by Crippen LogP contribution is 2.11. The number of carbonyl (C=O) groups is 2. The Labute approximate surface area is 114 Å². The topological polar surface area (TPSA) is 70.5 Å². The highest BCUT2D eigenvalue weighted by atomic mass is 32.1. The van der Waals surface area contributed by atoms with Crippen LogP contribution in [0.4, 0.5) is 0 Å². The van der Waals surface area contributed by atoms with Crippen molar-refractivity contribution >= 4 is 23.2 Å². The van der Waals surface area contributed by atoms with Gasteiger partial charge in [0.15, 0.2) is 0 Å². The largest absolute Gasteiger partial charge is 0.477 e. The van der Waals surface area contributed by atoms with Crippen molar-refractivity contribution < 1.29 is 14.7 Å². The molecule has 19 heavy (non-hydrogen) atoms. The first-order valence-corrected chi connectivity index (χ1v) is 6.48. The number of amides is 1. The zero-order valence-electron chi connectivity index (χ0n) is 10.2. The predicted molar refractivity (Wildman–Crippen MR) is 71.3 cm³/mol. The van der Waals surface area contributed by atoms with E-state index in [1.54, 1.807) is 23.3 Å². The van der Waals surface area contributed by atoms with Gasteiger partial charge in [0.1, 0.15) is 5.69 Å². The second-order valence-corrected chi connectivity index (χ2v) is 4.81. The highest BCUT2D eigenvalue weighted by Gasteiger charge is 2.13. The summed E-state index contributed by atoms with van der Waals surface area (Å²) in [6.07, 6.45) is 1.29. The van der Waals surface area contributed by atoms with Crippen molar-refractivity contribution in [2.75, 3.05) is 7.05 Å². The van der Waals surface area contributed by atoms with Crippen LogP contribution in [0.5, 0.6) is 0 Å². The summed E-state index contributed by atoms with van der Waals surface area (Å²) >= 11 is 1.58. The van der Waals surface area contributed by atoms with Gasteiger partial charge < -0.3 is 10.0 Å². The van der Waals surface area contributed by atoms with Crippen molar-refractivity contribution in [3.8, 4) is 0 Å². The lowest BCUT2D eigenvalue weighted by molar-refractivity contribution is 0.0688. The molecule has 6 heteroatoms. The molecule has 0 fully saturated rings. The van der Waals surface area contributed by atoms with Crippen LogP contribution < -0.4 is 0 Å². The molecule has 0 aliphatic heterocycles. The molecule has 0 unspecified atom stereocenters. The summed E-state index contributed by atoms with van der Waals surface area (Å²) in [4.78, 5) is 28.1. The zero-order valence-corrected chi connectivity index (χ0v) is 11.1. The molecule has 1 N–H and O–H groups in total. The summed E-state index contributed by atoms with van der Waals surface area (Å²) in [6.45, 7) is 0.517. The molecule has 0 bridgehead atoms. The van der Waals surface area contributed by atoms with E-state index in [1.807, 2.05) is 16.8 Å². The van der Waals surface area contributed by atoms with E-state index in [9.17, 15) is 9.59 Å². The average Bonchev–Trinajstić information content (AvgIpc) is 2.90. The Morgan fingerprint density at radius 2 is 2.16 bits per heavy atom. The Hall–Kier alpha value is -2.21. The number of pyridine rings is 1. The maximum Gasteiger partial charge on any atom is 0.354 e. The molecule has 0 spiro atoms. The van der Waals surface area contributed by atoms with E-state index in [0.717, 1.165) is 5.56 Å². The first-order chi connectivity index (χ1) is 9.08. The quantitative estimate of drug-likeness (QED) is 0.928. The number of carboxylic acids is 1. The third kappa shape index (κ3) is 3.17. The Morgan fingerprint density at radius 1 is 1.37 bits per heavy atom. The lowest BCUT2D eigenvalue weighted by Crippen LogP contribution is -2.26. The molecule has 0 aliphatic rings. The standard InChI is InChI=1S/C13H12N2O3S/c1-15(7-9-4-5-19-8-9)12(16)10-2-3-11(13(17)18)14-6-10/h2-6,8H,7H2,1H3,(H,17,18). The molecule has 2 heterocycles. The second-order valence-electron chi connectivity index (χ2n) is 4.03. The van der Waals surface area contributed by atoms with Gasteiger partial charge in [-0.2, -0.15) is 11.3 Å². The molecule has 0 aromatic carbocycles. The predicted octanol–water partition coefficient (Wildman–Crippen LogP) is 2.11. The first-order valence-electron chi connectivity index (χ1n) is 5.54. The summed E-state index contributed by atoms with van der Waals surface area (Å²) in [5.41, 5.74) is 1.37. The molecule has 5 nitrogen and oxygen atoms in total. The molecule has 0 radical (unpaired) electrons. The number of hydrogen-bond acceptors (Lipinski definition) is 4. The van der Waals surface area contributed by atoms with Gasteiger partial charge in [-0.3, -0.25) is 4.79 Å². The number of hydrogen-bond donors (Lipinski definition) is 1. The van der Waals surface area contributed by atoms with Crippen LogP contribution in [-0.4, -0.2) is 33.9 Å². The first kappa shape index (κ1) is 13.2. The van der Waals surface area contributed by atoms with Gasteiger partial charge in [-0.05, 0) is 34.5 Å². The third-order valence-corrected chi connectivity index (χ3v) is 3.31. The number of carbonyl (C=O) groups excluding carboxylic acids is 1. The fourth-order valence-corrected chi connectivity index (χ4v) is 2.26. The molecule has 2 aromatic heterocycles.